The highest BCUT2D eigenvalue weighted by Crippen LogP contribution is 2.30. The lowest BCUT2D eigenvalue weighted by Crippen LogP contribution is -2.39. The molecule has 1 saturated carbocycles. The number of carboxylic acids is 1. The molecule has 3 atom stereocenters. The van der Waals surface area contributed by atoms with E-state index >= 15 is 0 Å². The molecule has 5 nitrogen and oxygen atoms in total. The van der Waals surface area contributed by atoms with Gasteiger partial charge in [0.2, 0.25) is 0 Å². The highest BCUT2D eigenvalue weighted by atomic mass is 16.4. The van der Waals surface area contributed by atoms with Gasteiger partial charge in [0.05, 0.1) is 12.1 Å². The number of hydrogen-bond acceptors (Lipinski definition) is 2. The van der Waals surface area contributed by atoms with E-state index in [1.54, 1.807) is 0 Å². The molecule has 1 aliphatic heterocycles. The van der Waals surface area contributed by atoms with Gasteiger partial charge in [-0.3, -0.25) is 4.79 Å². The number of carbonyl (C=O) groups is 2. The van der Waals surface area contributed by atoms with Gasteiger partial charge in [-0.2, -0.15) is 0 Å². The van der Waals surface area contributed by atoms with Crippen LogP contribution in [-0.4, -0.2) is 29.2 Å². The van der Waals surface area contributed by atoms with Gasteiger partial charge in [0.15, 0.2) is 0 Å². The van der Waals surface area contributed by atoms with Gasteiger partial charge < -0.3 is 15.7 Å². The van der Waals surface area contributed by atoms with Gasteiger partial charge in [0.1, 0.15) is 0 Å². The van der Waals surface area contributed by atoms with E-state index in [2.05, 4.69) is 10.6 Å². The summed E-state index contributed by atoms with van der Waals surface area (Å²) in [6.07, 6.45) is 5.08. The van der Waals surface area contributed by atoms with E-state index in [-0.39, 0.29) is 18.5 Å². The second-order valence-electron chi connectivity index (χ2n) is 4.80. The molecule has 3 N–H and O–H groups in total. The van der Waals surface area contributed by atoms with Gasteiger partial charge in [-0.05, 0) is 38.0 Å². The maximum absolute atomic E-state index is 11.1. The molecule has 5 heteroatoms. The molecule has 2 aliphatic rings. The minimum atomic E-state index is -0.718. The zero-order chi connectivity index (χ0) is 11.5. The molecule has 1 heterocycles. The predicted molar refractivity (Wildman–Crippen MR) is 58.1 cm³/mol. The Bertz CT molecular complexity index is 293. The van der Waals surface area contributed by atoms with Crippen LogP contribution in [-0.2, 0) is 4.79 Å². The number of fused-ring (bicyclic) bond motifs is 1. The smallest absolute Gasteiger partial charge is 0.315 e. The van der Waals surface area contributed by atoms with Crippen molar-refractivity contribution in [3.05, 3.63) is 0 Å². The Labute approximate surface area is 94.6 Å². The molecule has 0 radical (unpaired) electrons. The van der Waals surface area contributed by atoms with Crippen LogP contribution < -0.4 is 10.6 Å². The fourth-order valence-electron chi connectivity index (χ4n) is 2.77. The minimum Gasteiger partial charge on any atom is -0.481 e. The van der Waals surface area contributed by atoms with Crippen LogP contribution in [0.2, 0.25) is 0 Å². The second-order valence-corrected chi connectivity index (χ2v) is 4.80. The lowest BCUT2D eigenvalue weighted by Gasteiger charge is -2.30. The van der Waals surface area contributed by atoms with E-state index in [4.69, 9.17) is 5.11 Å². The summed E-state index contributed by atoms with van der Waals surface area (Å²) in [5.41, 5.74) is 0. The van der Waals surface area contributed by atoms with Gasteiger partial charge in [-0.15, -0.1) is 0 Å². The van der Waals surface area contributed by atoms with Crippen LogP contribution in [0.1, 0.15) is 38.5 Å². The molecule has 0 bridgehead atoms. The molecule has 0 aromatic rings. The van der Waals surface area contributed by atoms with Crippen LogP contribution in [0.3, 0.4) is 0 Å². The summed E-state index contributed by atoms with van der Waals surface area (Å²) in [6, 6.07) is 0.500. The molecule has 1 aliphatic carbocycles. The molecule has 2 fully saturated rings. The fraction of sp³-hybridized carbons (Fsp3) is 0.818. The molecule has 16 heavy (non-hydrogen) atoms. The molecular formula is C11H18N2O3. The van der Waals surface area contributed by atoms with Gasteiger partial charge >= 0.3 is 12.0 Å². The number of urea groups is 1. The van der Waals surface area contributed by atoms with Gasteiger partial charge in [0, 0.05) is 6.42 Å². The maximum Gasteiger partial charge on any atom is 0.315 e. The first kappa shape index (κ1) is 11.2. The first-order valence-corrected chi connectivity index (χ1v) is 5.94. The van der Waals surface area contributed by atoms with Crippen LogP contribution >= 0.6 is 0 Å². The van der Waals surface area contributed by atoms with Crippen molar-refractivity contribution in [2.75, 3.05) is 0 Å². The normalized spacial score (nSPS) is 32.8. The molecule has 0 unspecified atom stereocenters. The zero-order valence-corrected chi connectivity index (χ0v) is 9.24. The van der Waals surface area contributed by atoms with Crippen molar-refractivity contribution in [1.29, 1.82) is 0 Å². The number of rotatable bonds is 4. The summed E-state index contributed by atoms with van der Waals surface area (Å²) in [5.74, 6) is -0.148. The Kier molecular flexibility index (Phi) is 3.31. The minimum absolute atomic E-state index is 0.0545. The Hall–Kier alpha value is -1.26. The zero-order valence-electron chi connectivity index (χ0n) is 9.24. The summed E-state index contributed by atoms with van der Waals surface area (Å²) in [4.78, 5) is 21.5. The Balaban J connectivity index is 1.73. The lowest BCUT2D eigenvalue weighted by atomic mass is 9.81. The van der Waals surface area contributed by atoms with E-state index in [1.165, 1.54) is 0 Å². The molecule has 2 rings (SSSR count). The first-order chi connectivity index (χ1) is 7.65. The van der Waals surface area contributed by atoms with E-state index < -0.39 is 5.97 Å². The predicted octanol–water partition coefficient (Wildman–Crippen LogP) is 1.09. The molecule has 2 amide bonds. The third-order valence-corrected chi connectivity index (χ3v) is 3.59. The monoisotopic (exact) mass is 226 g/mol. The topological polar surface area (TPSA) is 78.4 Å². The van der Waals surface area contributed by atoms with Crippen LogP contribution in [0.25, 0.3) is 0 Å². The molecule has 0 spiro atoms. The second kappa shape index (κ2) is 4.72. The SMILES string of the molecule is O=C(O)CCC[C@@H]1CC[C@@H]2NC(=O)N[C@@H]2C1. The summed E-state index contributed by atoms with van der Waals surface area (Å²) in [6.45, 7) is 0. The van der Waals surface area contributed by atoms with Crippen molar-refractivity contribution in [2.45, 2.75) is 50.6 Å². The highest BCUT2D eigenvalue weighted by Gasteiger charge is 2.36. The van der Waals surface area contributed by atoms with E-state index in [9.17, 15) is 9.59 Å². The highest BCUT2D eigenvalue weighted by molar-refractivity contribution is 5.77. The summed E-state index contributed by atoms with van der Waals surface area (Å²) in [5, 5.41) is 14.4. The summed E-state index contributed by atoms with van der Waals surface area (Å²) >= 11 is 0. The number of nitrogens with one attached hydrogen (secondary N) is 2. The van der Waals surface area contributed by atoms with E-state index in [0.717, 1.165) is 32.1 Å². The Morgan fingerprint density at radius 1 is 1.31 bits per heavy atom. The fourth-order valence-corrected chi connectivity index (χ4v) is 2.77. The Morgan fingerprint density at radius 3 is 2.81 bits per heavy atom. The standard InChI is InChI=1S/C11H18N2O3/c14-10(15)3-1-2-7-4-5-8-9(6-7)13-11(16)12-8/h7-9H,1-6H2,(H,14,15)(H2,12,13,16)/t7-,8+,9-/m1/s1. The average molecular weight is 226 g/mol. The van der Waals surface area contributed by atoms with Gasteiger partial charge in [-0.1, -0.05) is 0 Å². The largest absolute Gasteiger partial charge is 0.481 e. The van der Waals surface area contributed by atoms with Crippen molar-refractivity contribution in [1.82, 2.24) is 10.6 Å². The van der Waals surface area contributed by atoms with Crippen LogP contribution in [0.15, 0.2) is 0 Å². The number of carboxylic acid groups (broad SMARTS) is 1. The number of aliphatic carboxylic acids is 1. The molecule has 1 saturated heterocycles. The van der Waals surface area contributed by atoms with Crippen molar-refractivity contribution >= 4 is 12.0 Å². The maximum atomic E-state index is 11.1. The van der Waals surface area contributed by atoms with Gasteiger partial charge in [-0.25, -0.2) is 4.79 Å². The van der Waals surface area contributed by atoms with Crippen LogP contribution in [0, 0.1) is 5.92 Å². The summed E-state index contributed by atoms with van der Waals surface area (Å²) in [7, 11) is 0. The van der Waals surface area contributed by atoms with E-state index in [1.807, 2.05) is 0 Å². The number of amides is 2. The molecule has 0 aromatic carbocycles. The van der Waals surface area contributed by atoms with Crippen LogP contribution in [0.5, 0.6) is 0 Å². The Morgan fingerprint density at radius 2 is 2.06 bits per heavy atom. The average Bonchev–Trinajstić information content (AvgIpc) is 2.56. The third-order valence-electron chi connectivity index (χ3n) is 3.59. The van der Waals surface area contributed by atoms with Crippen molar-refractivity contribution in [3.63, 3.8) is 0 Å². The van der Waals surface area contributed by atoms with E-state index in [0.29, 0.717) is 12.0 Å². The number of carbonyl (C=O) groups excluding carboxylic acids is 1. The van der Waals surface area contributed by atoms with Crippen LogP contribution in [0.4, 0.5) is 4.79 Å². The molecule has 90 valence electrons. The van der Waals surface area contributed by atoms with Crippen molar-refractivity contribution in [2.24, 2.45) is 5.92 Å². The summed E-state index contributed by atoms with van der Waals surface area (Å²) < 4.78 is 0. The van der Waals surface area contributed by atoms with Gasteiger partial charge in [0.25, 0.3) is 0 Å². The molecule has 0 aromatic heterocycles. The molecular weight excluding hydrogens is 208 g/mol. The quantitative estimate of drug-likeness (QED) is 0.671. The van der Waals surface area contributed by atoms with Crippen molar-refractivity contribution < 1.29 is 14.7 Å². The van der Waals surface area contributed by atoms with Crippen molar-refractivity contribution in [3.8, 4) is 0 Å². The third kappa shape index (κ3) is 2.65. The lowest BCUT2D eigenvalue weighted by molar-refractivity contribution is -0.137. The number of hydrogen-bond donors (Lipinski definition) is 3. The first-order valence-electron chi connectivity index (χ1n) is 5.94.